The largest absolute Gasteiger partial charge is 0.486 e. The van der Waals surface area contributed by atoms with Crippen molar-refractivity contribution in [3.8, 4) is 11.5 Å². The van der Waals surface area contributed by atoms with Gasteiger partial charge in [-0.25, -0.2) is 0 Å². The molecule has 0 aromatic heterocycles. The van der Waals surface area contributed by atoms with Gasteiger partial charge >= 0.3 is 5.97 Å². The zero-order chi connectivity index (χ0) is 11.7. The summed E-state index contributed by atoms with van der Waals surface area (Å²) in [5.74, 6) is 1.49. The van der Waals surface area contributed by atoms with Crippen molar-refractivity contribution in [2.75, 3.05) is 13.2 Å². The molecule has 1 aliphatic carbocycles. The van der Waals surface area contributed by atoms with Gasteiger partial charge in [-0.3, -0.25) is 4.79 Å². The van der Waals surface area contributed by atoms with Gasteiger partial charge in [0.25, 0.3) is 0 Å². The van der Waals surface area contributed by atoms with Crippen LogP contribution in [0.5, 0.6) is 11.5 Å². The summed E-state index contributed by atoms with van der Waals surface area (Å²) >= 11 is 0. The minimum Gasteiger partial charge on any atom is -0.486 e. The Morgan fingerprint density at radius 1 is 1.29 bits per heavy atom. The van der Waals surface area contributed by atoms with Gasteiger partial charge < -0.3 is 14.2 Å². The number of para-hydroxylation sites is 2. The fourth-order valence-electron chi connectivity index (χ4n) is 1.76. The van der Waals surface area contributed by atoms with E-state index in [9.17, 15) is 4.79 Å². The van der Waals surface area contributed by atoms with Gasteiger partial charge in [-0.1, -0.05) is 12.1 Å². The van der Waals surface area contributed by atoms with Crippen molar-refractivity contribution in [3.63, 3.8) is 0 Å². The predicted octanol–water partition coefficient (Wildman–Crippen LogP) is 1.78. The Morgan fingerprint density at radius 3 is 2.82 bits per heavy atom. The number of ether oxygens (including phenoxy) is 3. The van der Waals surface area contributed by atoms with Gasteiger partial charge in [-0.2, -0.15) is 0 Å². The molecule has 1 aromatic rings. The Balaban J connectivity index is 1.55. The van der Waals surface area contributed by atoms with Crippen molar-refractivity contribution in [1.29, 1.82) is 0 Å². The molecule has 1 fully saturated rings. The minimum absolute atomic E-state index is 0.104. The van der Waals surface area contributed by atoms with Crippen LogP contribution in [-0.4, -0.2) is 25.3 Å². The maximum atomic E-state index is 11.4. The Morgan fingerprint density at radius 2 is 2.06 bits per heavy atom. The third kappa shape index (κ3) is 2.35. The van der Waals surface area contributed by atoms with E-state index < -0.39 is 0 Å². The number of fused-ring (bicyclic) bond motifs is 1. The summed E-state index contributed by atoms with van der Waals surface area (Å²) in [6.07, 6.45) is 1.72. The SMILES string of the molecule is O=C(OC[C@@H]1COc2ccccc2O1)C1CC1. The number of carbonyl (C=O) groups excluding carboxylic acids is 1. The van der Waals surface area contributed by atoms with E-state index in [4.69, 9.17) is 14.2 Å². The first kappa shape index (κ1) is 10.4. The second-order valence-electron chi connectivity index (χ2n) is 4.40. The molecule has 0 amide bonds. The molecule has 0 N–H and O–H groups in total. The molecule has 3 rings (SSSR count). The maximum absolute atomic E-state index is 11.4. The molecule has 1 aromatic carbocycles. The highest BCUT2D eigenvalue weighted by atomic mass is 16.6. The van der Waals surface area contributed by atoms with Gasteiger partial charge in [0.1, 0.15) is 13.2 Å². The number of carbonyl (C=O) groups is 1. The molecule has 0 unspecified atom stereocenters. The molecule has 2 aliphatic rings. The van der Waals surface area contributed by atoms with Gasteiger partial charge in [-0.05, 0) is 25.0 Å². The lowest BCUT2D eigenvalue weighted by Crippen LogP contribution is -2.34. The third-order valence-electron chi connectivity index (χ3n) is 2.89. The molecule has 17 heavy (non-hydrogen) atoms. The molecule has 1 saturated carbocycles. The maximum Gasteiger partial charge on any atom is 0.309 e. The second-order valence-corrected chi connectivity index (χ2v) is 4.40. The third-order valence-corrected chi connectivity index (χ3v) is 2.89. The van der Waals surface area contributed by atoms with E-state index in [0.29, 0.717) is 12.4 Å². The highest BCUT2D eigenvalue weighted by molar-refractivity contribution is 5.74. The fourth-order valence-corrected chi connectivity index (χ4v) is 1.76. The topological polar surface area (TPSA) is 44.8 Å². The van der Waals surface area contributed by atoms with Crippen LogP contribution in [0.1, 0.15) is 12.8 Å². The molecule has 1 atom stereocenters. The van der Waals surface area contributed by atoms with Crippen LogP contribution in [0, 0.1) is 5.92 Å². The van der Waals surface area contributed by atoms with Gasteiger partial charge in [0.15, 0.2) is 17.6 Å². The summed E-state index contributed by atoms with van der Waals surface area (Å²) in [4.78, 5) is 11.4. The summed E-state index contributed by atoms with van der Waals surface area (Å²) in [5.41, 5.74) is 0. The van der Waals surface area contributed by atoms with E-state index in [1.54, 1.807) is 0 Å². The van der Waals surface area contributed by atoms with E-state index in [1.165, 1.54) is 0 Å². The zero-order valence-corrected chi connectivity index (χ0v) is 9.43. The summed E-state index contributed by atoms with van der Waals surface area (Å²) in [5, 5.41) is 0. The second kappa shape index (κ2) is 4.28. The van der Waals surface area contributed by atoms with Crippen LogP contribution < -0.4 is 9.47 Å². The van der Waals surface area contributed by atoms with E-state index >= 15 is 0 Å². The first-order valence-corrected chi connectivity index (χ1v) is 5.88. The van der Waals surface area contributed by atoms with E-state index in [2.05, 4.69) is 0 Å². The van der Waals surface area contributed by atoms with Crippen LogP contribution in [0.25, 0.3) is 0 Å². The number of esters is 1. The number of hydrogen-bond donors (Lipinski definition) is 0. The van der Waals surface area contributed by atoms with Crippen LogP contribution >= 0.6 is 0 Å². The summed E-state index contributed by atoms with van der Waals surface area (Å²) in [6, 6.07) is 7.50. The normalized spacial score (nSPS) is 22.0. The highest BCUT2D eigenvalue weighted by Gasteiger charge is 2.32. The van der Waals surface area contributed by atoms with E-state index in [0.717, 1.165) is 18.6 Å². The summed E-state index contributed by atoms with van der Waals surface area (Å²) in [7, 11) is 0. The highest BCUT2D eigenvalue weighted by Crippen LogP contribution is 2.32. The Bertz CT molecular complexity index is 425. The van der Waals surface area contributed by atoms with Crippen LogP contribution in [0.3, 0.4) is 0 Å². The lowest BCUT2D eigenvalue weighted by molar-refractivity contribution is -0.148. The molecule has 90 valence electrons. The quantitative estimate of drug-likeness (QED) is 0.748. The first-order chi connectivity index (χ1) is 8.33. The van der Waals surface area contributed by atoms with Crippen molar-refractivity contribution in [2.24, 2.45) is 5.92 Å². The van der Waals surface area contributed by atoms with Gasteiger partial charge in [0.05, 0.1) is 5.92 Å². The van der Waals surface area contributed by atoms with Crippen molar-refractivity contribution >= 4 is 5.97 Å². The molecule has 0 saturated heterocycles. The Kier molecular flexibility index (Phi) is 2.63. The summed E-state index contributed by atoms with van der Waals surface area (Å²) < 4.78 is 16.4. The number of benzene rings is 1. The van der Waals surface area contributed by atoms with Gasteiger partial charge in [0.2, 0.25) is 0 Å². The molecular weight excluding hydrogens is 220 g/mol. The first-order valence-electron chi connectivity index (χ1n) is 5.88. The average molecular weight is 234 g/mol. The molecule has 1 aliphatic heterocycles. The monoisotopic (exact) mass is 234 g/mol. The standard InChI is InChI=1S/C13H14O4/c14-13(9-5-6-9)16-8-10-7-15-11-3-1-2-4-12(11)17-10/h1-4,9-10H,5-8H2/t10-/m0/s1. The molecule has 4 nitrogen and oxygen atoms in total. The smallest absolute Gasteiger partial charge is 0.309 e. The molecule has 0 spiro atoms. The van der Waals surface area contributed by atoms with Crippen molar-refractivity contribution < 1.29 is 19.0 Å². The van der Waals surface area contributed by atoms with Gasteiger partial charge in [-0.15, -0.1) is 0 Å². The molecule has 1 heterocycles. The van der Waals surface area contributed by atoms with Crippen molar-refractivity contribution in [3.05, 3.63) is 24.3 Å². The predicted molar refractivity (Wildman–Crippen MR) is 60.0 cm³/mol. The fraction of sp³-hybridized carbons (Fsp3) is 0.462. The minimum atomic E-state index is -0.201. The van der Waals surface area contributed by atoms with Crippen molar-refractivity contribution in [1.82, 2.24) is 0 Å². The van der Waals surface area contributed by atoms with Crippen LogP contribution in [0.4, 0.5) is 0 Å². The van der Waals surface area contributed by atoms with Gasteiger partial charge in [0, 0.05) is 0 Å². The van der Waals surface area contributed by atoms with Crippen LogP contribution in [0.15, 0.2) is 24.3 Å². The van der Waals surface area contributed by atoms with E-state index in [1.807, 2.05) is 24.3 Å². The molecule has 0 bridgehead atoms. The van der Waals surface area contributed by atoms with Crippen LogP contribution in [0.2, 0.25) is 0 Å². The number of rotatable bonds is 3. The summed E-state index contributed by atoms with van der Waals surface area (Å²) in [6.45, 7) is 0.693. The van der Waals surface area contributed by atoms with E-state index in [-0.39, 0.29) is 24.6 Å². The molecular formula is C13H14O4. The Labute approximate surface area is 99.5 Å². The molecule has 4 heteroatoms. The molecule has 0 radical (unpaired) electrons. The van der Waals surface area contributed by atoms with Crippen LogP contribution in [-0.2, 0) is 9.53 Å². The number of hydrogen-bond acceptors (Lipinski definition) is 4. The average Bonchev–Trinajstić information content (AvgIpc) is 3.20. The lowest BCUT2D eigenvalue weighted by Gasteiger charge is -2.25. The van der Waals surface area contributed by atoms with Crippen molar-refractivity contribution in [2.45, 2.75) is 18.9 Å². The Hall–Kier alpha value is -1.71. The zero-order valence-electron chi connectivity index (χ0n) is 9.43. The lowest BCUT2D eigenvalue weighted by atomic mass is 10.3.